The molecule has 0 aromatic carbocycles. The molecule has 0 aliphatic carbocycles. The van der Waals surface area contributed by atoms with Gasteiger partial charge in [0, 0.05) is 20.2 Å². The predicted molar refractivity (Wildman–Crippen MR) is 72.4 cm³/mol. The molecule has 0 bridgehead atoms. The second-order valence-electron chi connectivity index (χ2n) is 3.67. The zero-order chi connectivity index (χ0) is 13.4. The summed E-state index contributed by atoms with van der Waals surface area (Å²) in [5, 5.41) is 10.4. The number of hydrogen-bond acceptors (Lipinski definition) is 5. The number of methoxy groups -OCH3 is 1. The van der Waals surface area contributed by atoms with Crippen molar-refractivity contribution in [1.82, 2.24) is 15.1 Å². The molecule has 102 valence electrons. The van der Waals surface area contributed by atoms with Gasteiger partial charge in [0.05, 0.1) is 25.0 Å². The van der Waals surface area contributed by atoms with Crippen molar-refractivity contribution in [2.24, 2.45) is 0 Å². The van der Waals surface area contributed by atoms with Crippen LogP contribution < -0.4 is 16.2 Å². The molecule has 0 fully saturated rings. The largest absolute Gasteiger partial charge is 0.383 e. The number of rotatable bonds is 8. The second kappa shape index (κ2) is 8.07. The summed E-state index contributed by atoms with van der Waals surface area (Å²) < 4.78 is 6.19. The number of hydrogen-bond donors (Lipinski definition) is 2. The van der Waals surface area contributed by atoms with Crippen LogP contribution in [-0.2, 0) is 11.3 Å². The first kappa shape index (κ1) is 14.9. The number of nitrogens with zero attached hydrogens (tertiary/aromatic N) is 2. The Morgan fingerprint density at radius 3 is 2.94 bits per heavy atom. The van der Waals surface area contributed by atoms with Gasteiger partial charge in [0.2, 0.25) is 0 Å². The first-order valence-corrected chi connectivity index (χ1v) is 6.27. The van der Waals surface area contributed by atoms with Gasteiger partial charge in [0.1, 0.15) is 5.02 Å². The Bertz CT molecular complexity index is 422. The van der Waals surface area contributed by atoms with Crippen LogP contribution in [0.2, 0.25) is 5.02 Å². The SMILES string of the molecule is CCNCCNc1cnn(CCOC)c(=O)c1Cl. The van der Waals surface area contributed by atoms with Gasteiger partial charge in [0.15, 0.2) is 0 Å². The third-order valence-electron chi connectivity index (χ3n) is 2.36. The molecule has 1 rings (SSSR count). The van der Waals surface area contributed by atoms with E-state index < -0.39 is 0 Å². The monoisotopic (exact) mass is 274 g/mol. The molecule has 0 atom stereocenters. The number of anilines is 1. The highest BCUT2D eigenvalue weighted by molar-refractivity contribution is 6.32. The number of halogens is 1. The van der Waals surface area contributed by atoms with Crippen LogP contribution in [0.15, 0.2) is 11.0 Å². The molecule has 0 unspecified atom stereocenters. The molecule has 0 amide bonds. The Morgan fingerprint density at radius 2 is 2.28 bits per heavy atom. The summed E-state index contributed by atoms with van der Waals surface area (Å²) in [6, 6.07) is 0. The van der Waals surface area contributed by atoms with E-state index in [1.165, 1.54) is 4.68 Å². The average molecular weight is 275 g/mol. The van der Waals surface area contributed by atoms with Gasteiger partial charge in [-0.05, 0) is 6.54 Å². The van der Waals surface area contributed by atoms with Crippen molar-refractivity contribution in [2.45, 2.75) is 13.5 Å². The van der Waals surface area contributed by atoms with Crippen molar-refractivity contribution in [3.63, 3.8) is 0 Å². The molecule has 0 saturated carbocycles. The molecule has 0 aliphatic rings. The maximum atomic E-state index is 11.8. The summed E-state index contributed by atoms with van der Waals surface area (Å²) in [6.45, 7) is 5.26. The van der Waals surface area contributed by atoms with Gasteiger partial charge in [-0.25, -0.2) is 4.68 Å². The Hall–Kier alpha value is -1.11. The van der Waals surface area contributed by atoms with Crippen LogP contribution in [0.25, 0.3) is 0 Å². The maximum Gasteiger partial charge on any atom is 0.287 e. The molecule has 0 spiro atoms. The first-order valence-electron chi connectivity index (χ1n) is 5.89. The molecule has 1 aromatic rings. The standard InChI is InChI=1S/C11H19ClN4O2/c1-3-13-4-5-14-9-8-15-16(6-7-18-2)11(17)10(9)12/h8,13-14H,3-7H2,1-2H3. The van der Waals surface area contributed by atoms with Crippen LogP contribution >= 0.6 is 11.6 Å². The highest BCUT2D eigenvalue weighted by Crippen LogP contribution is 2.14. The summed E-state index contributed by atoms with van der Waals surface area (Å²) in [5.74, 6) is 0. The van der Waals surface area contributed by atoms with Crippen LogP contribution in [0, 0.1) is 0 Å². The quantitative estimate of drug-likeness (QED) is 0.678. The highest BCUT2D eigenvalue weighted by atomic mass is 35.5. The van der Waals surface area contributed by atoms with E-state index in [0.29, 0.717) is 25.4 Å². The number of ether oxygens (including phenoxy) is 1. The van der Waals surface area contributed by atoms with Gasteiger partial charge in [-0.1, -0.05) is 18.5 Å². The van der Waals surface area contributed by atoms with E-state index in [2.05, 4.69) is 15.7 Å². The van der Waals surface area contributed by atoms with Crippen LogP contribution in [0.1, 0.15) is 6.92 Å². The van der Waals surface area contributed by atoms with E-state index in [9.17, 15) is 4.79 Å². The summed E-state index contributed by atoms with van der Waals surface area (Å²) >= 11 is 5.99. The van der Waals surface area contributed by atoms with Crippen LogP contribution in [0.3, 0.4) is 0 Å². The van der Waals surface area contributed by atoms with Crippen molar-refractivity contribution in [3.8, 4) is 0 Å². The Balaban J connectivity index is 2.65. The van der Waals surface area contributed by atoms with Crippen molar-refractivity contribution < 1.29 is 4.74 Å². The Kier molecular flexibility index (Phi) is 6.70. The topological polar surface area (TPSA) is 68.2 Å². The highest BCUT2D eigenvalue weighted by Gasteiger charge is 2.08. The Morgan fingerprint density at radius 1 is 1.50 bits per heavy atom. The fraction of sp³-hybridized carbons (Fsp3) is 0.636. The summed E-state index contributed by atoms with van der Waals surface area (Å²) in [7, 11) is 1.57. The molecule has 1 heterocycles. The lowest BCUT2D eigenvalue weighted by Crippen LogP contribution is -2.27. The van der Waals surface area contributed by atoms with E-state index in [-0.39, 0.29) is 10.6 Å². The summed E-state index contributed by atoms with van der Waals surface area (Å²) in [4.78, 5) is 11.8. The molecule has 6 nitrogen and oxygen atoms in total. The van der Waals surface area contributed by atoms with Crippen LogP contribution in [0.4, 0.5) is 5.69 Å². The lowest BCUT2D eigenvalue weighted by Gasteiger charge is -2.10. The van der Waals surface area contributed by atoms with Crippen LogP contribution in [-0.4, -0.2) is 43.1 Å². The molecule has 0 aliphatic heterocycles. The average Bonchev–Trinajstić information content (AvgIpc) is 2.38. The van der Waals surface area contributed by atoms with E-state index in [1.54, 1.807) is 13.3 Å². The summed E-state index contributed by atoms with van der Waals surface area (Å²) in [5.41, 5.74) is 0.260. The molecule has 7 heteroatoms. The second-order valence-corrected chi connectivity index (χ2v) is 4.05. The fourth-order valence-corrected chi connectivity index (χ4v) is 1.60. The van der Waals surface area contributed by atoms with Gasteiger partial charge < -0.3 is 15.4 Å². The molecular weight excluding hydrogens is 256 g/mol. The van der Waals surface area contributed by atoms with Crippen molar-refractivity contribution >= 4 is 17.3 Å². The van der Waals surface area contributed by atoms with Crippen molar-refractivity contribution in [2.75, 3.05) is 38.7 Å². The number of nitrogens with one attached hydrogen (secondary N) is 2. The zero-order valence-electron chi connectivity index (χ0n) is 10.7. The minimum Gasteiger partial charge on any atom is -0.383 e. The first-order chi connectivity index (χ1) is 8.70. The van der Waals surface area contributed by atoms with Crippen molar-refractivity contribution in [3.05, 3.63) is 21.6 Å². The molecule has 0 radical (unpaired) electrons. The molecule has 18 heavy (non-hydrogen) atoms. The lowest BCUT2D eigenvalue weighted by molar-refractivity contribution is 0.182. The normalized spacial score (nSPS) is 10.6. The zero-order valence-corrected chi connectivity index (χ0v) is 11.5. The minimum atomic E-state index is -0.304. The van der Waals surface area contributed by atoms with Gasteiger partial charge in [-0.2, -0.15) is 5.10 Å². The molecular formula is C11H19ClN4O2. The van der Waals surface area contributed by atoms with E-state index in [1.807, 2.05) is 6.92 Å². The third kappa shape index (κ3) is 4.29. The maximum absolute atomic E-state index is 11.8. The van der Waals surface area contributed by atoms with E-state index in [4.69, 9.17) is 16.3 Å². The van der Waals surface area contributed by atoms with E-state index in [0.717, 1.165) is 13.1 Å². The predicted octanol–water partition coefficient (Wildman–Crippen LogP) is 0.564. The number of aromatic nitrogens is 2. The van der Waals surface area contributed by atoms with Gasteiger partial charge in [-0.15, -0.1) is 0 Å². The van der Waals surface area contributed by atoms with Gasteiger partial charge in [0.25, 0.3) is 5.56 Å². The number of likely N-dealkylation sites (N-methyl/N-ethyl adjacent to an activating group) is 1. The fourth-order valence-electron chi connectivity index (χ4n) is 1.39. The van der Waals surface area contributed by atoms with Crippen LogP contribution in [0.5, 0.6) is 0 Å². The van der Waals surface area contributed by atoms with Crippen molar-refractivity contribution in [1.29, 1.82) is 0 Å². The molecule has 0 saturated heterocycles. The molecule has 1 aromatic heterocycles. The molecule has 2 N–H and O–H groups in total. The smallest absolute Gasteiger partial charge is 0.287 e. The minimum absolute atomic E-state index is 0.164. The van der Waals surface area contributed by atoms with Gasteiger partial charge in [-0.3, -0.25) is 4.79 Å². The third-order valence-corrected chi connectivity index (χ3v) is 2.72. The van der Waals surface area contributed by atoms with E-state index >= 15 is 0 Å². The Labute approximate surface area is 111 Å². The summed E-state index contributed by atoms with van der Waals surface area (Å²) in [6.07, 6.45) is 1.56. The van der Waals surface area contributed by atoms with Gasteiger partial charge >= 0.3 is 0 Å². The lowest BCUT2D eigenvalue weighted by atomic mass is 10.4.